The molecule has 4 aromatic heterocycles. The molecule has 12 heteroatoms. The highest BCUT2D eigenvalue weighted by molar-refractivity contribution is 7.18. The zero-order valence-corrected chi connectivity index (χ0v) is 25.3. The molecule has 1 saturated heterocycles. The van der Waals surface area contributed by atoms with E-state index in [0.29, 0.717) is 5.56 Å². The quantitative estimate of drug-likeness (QED) is 0.296. The number of hydrogen-bond donors (Lipinski definition) is 2. The zero-order valence-electron chi connectivity index (χ0n) is 24.4. The monoisotopic (exact) mass is 585 g/mol. The maximum Gasteiger partial charge on any atom is 0.408 e. The molecule has 5 heterocycles. The molecule has 6 rings (SSSR count). The van der Waals surface area contributed by atoms with Gasteiger partial charge < -0.3 is 15.3 Å². The van der Waals surface area contributed by atoms with E-state index in [1.54, 1.807) is 33.0 Å². The third kappa shape index (κ3) is 5.02. The van der Waals surface area contributed by atoms with Crippen molar-refractivity contribution in [3.8, 4) is 28.0 Å². The lowest BCUT2D eigenvalue weighted by molar-refractivity contribution is 0.0358. The molecule has 1 amide bonds. The molecule has 0 spiro atoms. The predicted molar refractivity (Wildman–Crippen MR) is 163 cm³/mol. The minimum atomic E-state index is -0.840. The number of rotatable bonds is 6. The summed E-state index contributed by atoms with van der Waals surface area (Å²) >= 11 is 1.54. The van der Waals surface area contributed by atoms with E-state index in [2.05, 4.69) is 45.4 Å². The van der Waals surface area contributed by atoms with Crippen molar-refractivity contribution in [1.82, 2.24) is 29.7 Å². The van der Waals surface area contributed by atoms with Gasteiger partial charge in [0, 0.05) is 42.6 Å². The molecule has 2 aliphatic rings. The molecule has 42 heavy (non-hydrogen) atoms. The second-order valence-corrected chi connectivity index (χ2v) is 13.5. The van der Waals surface area contributed by atoms with Gasteiger partial charge in [0.15, 0.2) is 5.01 Å². The number of nitrogens with zero attached hydrogens (tertiary/aromatic N) is 8. The molecule has 1 saturated carbocycles. The average Bonchev–Trinajstić information content (AvgIpc) is 3.63. The maximum atomic E-state index is 12.2. The molecule has 2 bridgehead atoms. The second kappa shape index (κ2) is 10.5. The lowest BCUT2D eigenvalue weighted by Crippen LogP contribution is -2.59. The Labute approximate surface area is 248 Å². The third-order valence-corrected chi connectivity index (χ3v) is 9.18. The van der Waals surface area contributed by atoms with Gasteiger partial charge in [0.25, 0.3) is 0 Å². The summed E-state index contributed by atoms with van der Waals surface area (Å²) in [7, 11) is 0. The molecule has 4 aromatic rings. The van der Waals surface area contributed by atoms with Crippen molar-refractivity contribution in [2.24, 2.45) is 11.8 Å². The first kappa shape index (κ1) is 27.9. The first-order valence-corrected chi connectivity index (χ1v) is 15.1. The highest BCUT2D eigenvalue weighted by atomic mass is 32.1. The first-order valence-electron chi connectivity index (χ1n) is 14.3. The molecule has 0 aromatic carbocycles. The van der Waals surface area contributed by atoms with Gasteiger partial charge in [-0.1, -0.05) is 11.3 Å². The zero-order chi connectivity index (χ0) is 29.8. The van der Waals surface area contributed by atoms with E-state index in [4.69, 9.17) is 4.98 Å². The van der Waals surface area contributed by atoms with Gasteiger partial charge >= 0.3 is 6.09 Å². The molecular formula is C30H35N9O2S. The summed E-state index contributed by atoms with van der Waals surface area (Å²) in [5.74, 6) is 0.528. The fourth-order valence-corrected chi connectivity index (χ4v) is 7.42. The summed E-state index contributed by atoms with van der Waals surface area (Å²) in [6.07, 6.45) is 4.59. The minimum Gasteiger partial charge on any atom is -0.465 e. The van der Waals surface area contributed by atoms with Crippen LogP contribution in [-0.2, 0) is 0 Å². The van der Waals surface area contributed by atoms with Crippen LogP contribution in [0.3, 0.4) is 0 Å². The molecule has 0 unspecified atom stereocenters. The Hall–Kier alpha value is -4.24. The van der Waals surface area contributed by atoms with Gasteiger partial charge in [-0.2, -0.15) is 10.4 Å². The highest BCUT2D eigenvalue weighted by Gasteiger charge is 2.49. The first-order chi connectivity index (χ1) is 20.0. The number of carboxylic acid groups (broad SMARTS) is 1. The fourth-order valence-electron chi connectivity index (χ4n) is 6.54. The fraction of sp³-hybridized carbons (Fsp3) is 0.467. The minimum absolute atomic E-state index is 0.0239. The van der Waals surface area contributed by atoms with E-state index in [0.717, 1.165) is 64.2 Å². The summed E-state index contributed by atoms with van der Waals surface area (Å²) in [6, 6.07) is 10.0. The topological polar surface area (TPSA) is 136 Å². The van der Waals surface area contributed by atoms with Gasteiger partial charge in [0.05, 0.1) is 34.2 Å². The molecule has 218 valence electrons. The summed E-state index contributed by atoms with van der Waals surface area (Å²) in [4.78, 5) is 21.0. The number of aromatic nitrogens is 5. The van der Waals surface area contributed by atoms with E-state index in [9.17, 15) is 15.2 Å². The highest BCUT2D eigenvalue weighted by Crippen LogP contribution is 2.45. The number of hydrogen-bond acceptors (Lipinski definition) is 9. The molecule has 0 radical (unpaired) electrons. The summed E-state index contributed by atoms with van der Waals surface area (Å²) in [6.45, 7) is 11.7. The molecule has 3 atom stereocenters. The largest absolute Gasteiger partial charge is 0.465 e. The number of pyridine rings is 1. The van der Waals surface area contributed by atoms with Crippen LogP contribution in [-0.4, -0.2) is 71.6 Å². The average molecular weight is 586 g/mol. The van der Waals surface area contributed by atoms with Gasteiger partial charge in [-0.15, -0.1) is 10.2 Å². The number of piperidine rings is 1. The van der Waals surface area contributed by atoms with Gasteiger partial charge in [-0.05, 0) is 83.6 Å². The smallest absolute Gasteiger partial charge is 0.408 e. The van der Waals surface area contributed by atoms with Gasteiger partial charge in [0.1, 0.15) is 6.07 Å². The molecule has 1 aliphatic heterocycles. The maximum absolute atomic E-state index is 12.2. The lowest BCUT2D eigenvalue weighted by Gasteiger charge is -2.47. The van der Waals surface area contributed by atoms with Crippen LogP contribution in [0.5, 0.6) is 0 Å². The van der Waals surface area contributed by atoms with E-state index in [-0.39, 0.29) is 23.9 Å². The van der Waals surface area contributed by atoms with Crippen molar-refractivity contribution in [3.05, 3.63) is 42.2 Å². The van der Waals surface area contributed by atoms with Crippen LogP contribution in [0.1, 0.15) is 53.0 Å². The molecule has 2 N–H and O–H groups in total. The number of fused-ring (bicyclic) bond motifs is 3. The third-order valence-electron chi connectivity index (χ3n) is 8.17. The van der Waals surface area contributed by atoms with Crippen LogP contribution in [0, 0.1) is 23.2 Å². The second-order valence-electron chi connectivity index (χ2n) is 12.5. The van der Waals surface area contributed by atoms with Gasteiger partial charge in [-0.3, -0.25) is 9.88 Å². The Bertz CT molecular complexity index is 1670. The van der Waals surface area contributed by atoms with E-state index in [1.165, 1.54) is 0 Å². The summed E-state index contributed by atoms with van der Waals surface area (Å²) in [5.41, 5.74) is 4.25. The lowest BCUT2D eigenvalue weighted by atomic mass is 9.88. The van der Waals surface area contributed by atoms with Crippen molar-refractivity contribution in [3.63, 3.8) is 0 Å². The number of anilines is 2. The van der Waals surface area contributed by atoms with Crippen LogP contribution in [0.4, 0.5) is 15.6 Å². The van der Waals surface area contributed by atoms with Crippen molar-refractivity contribution < 1.29 is 9.90 Å². The Kier molecular flexibility index (Phi) is 7.01. The Morgan fingerprint density at radius 2 is 1.90 bits per heavy atom. The summed E-state index contributed by atoms with van der Waals surface area (Å²) in [5, 5.41) is 38.0. The normalized spacial score (nSPS) is 20.2. The Balaban J connectivity index is 1.28. The Morgan fingerprint density at radius 3 is 2.55 bits per heavy atom. The van der Waals surface area contributed by atoms with Crippen LogP contribution in [0.25, 0.3) is 27.5 Å². The van der Waals surface area contributed by atoms with Crippen LogP contribution < -0.4 is 10.2 Å². The van der Waals surface area contributed by atoms with E-state index in [1.807, 2.05) is 45.2 Å². The molecule has 1 aliphatic carbocycles. The number of nitrogens with one attached hydrogen (secondary N) is 1. The van der Waals surface area contributed by atoms with Crippen molar-refractivity contribution >= 4 is 33.8 Å². The van der Waals surface area contributed by atoms with Crippen molar-refractivity contribution in [2.45, 2.75) is 65.1 Å². The Morgan fingerprint density at radius 1 is 1.17 bits per heavy atom. The standard InChI is InChI=1S/C30H35N9O2S/c1-17(2)34-23-11-24(25-9-8-21-10-18(12-31)13-33-39(21)25)32-14-22(23)27-35-36-28(42-27)37-15-19-6-7-20(16-37)26(19)38(29(40)41)30(3,4)5/h8-11,13-14,17,19-20,26H,6-7,15-16H2,1-5H3,(H,32,34)(H,40,41)/t19-,20+,26+. The number of amides is 1. The van der Waals surface area contributed by atoms with E-state index >= 15 is 0 Å². The molecule has 2 fully saturated rings. The van der Waals surface area contributed by atoms with Gasteiger partial charge in [-0.25, -0.2) is 9.31 Å². The SMILES string of the molecule is CC(C)Nc1cc(-c2ccc3cc(C#N)cnn23)ncc1-c1nnc(N2C[C@H]3CC[C@@H](C2)[C@H]3N(C(=O)O)C(C)(C)C)s1. The van der Waals surface area contributed by atoms with Crippen molar-refractivity contribution in [2.75, 3.05) is 23.3 Å². The predicted octanol–water partition coefficient (Wildman–Crippen LogP) is 5.60. The van der Waals surface area contributed by atoms with Crippen molar-refractivity contribution in [1.29, 1.82) is 5.26 Å². The summed E-state index contributed by atoms with van der Waals surface area (Å²) < 4.78 is 1.79. The van der Waals surface area contributed by atoms with Crippen LogP contribution in [0.15, 0.2) is 36.7 Å². The van der Waals surface area contributed by atoms with Gasteiger partial charge in [0.2, 0.25) is 5.13 Å². The van der Waals surface area contributed by atoms with Crippen LogP contribution >= 0.6 is 11.3 Å². The molecule has 11 nitrogen and oxygen atoms in total. The van der Waals surface area contributed by atoms with E-state index < -0.39 is 11.6 Å². The number of nitriles is 1. The molecular weight excluding hydrogens is 550 g/mol. The number of carbonyl (C=O) groups is 1. The van der Waals surface area contributed by atoms with Crippen LogP contribution in [0.2, 0.25) is 0 Å².